The Hall–Kier alpha value is -2.05. The van der Waals surface area contributed by atoms with E-state index in [-0.39, 0.29) is 16.3 Å². The molecule has 2 aromatic carbocycles. The average Bonchev–Trinajstić information content (AvgIpc) is 2.56. The highest BCUT2D eigenvalue weighted by molar-refractivity contribution is 7.98. The Kier molecular flexibility index (Phi) is 6.63. The molecule has 0 atom stereocenters. The highest BCUT2D eigenvalue weighted by Crippen LogP contribution is 2.22. The van der Waals surface area contributed by atoms with E-state index in [1.165, 1.54) is 29.3 Å². The van der Waals surface area contributed by atoms with Gasteiger partial charge in [0.15, 0.2) is 0 Å². The first-order valence-electron chi connectivity index (χ1n) is 7.33. The van der Waals surface area contributed by atoms with Crippen LogP contribution in [0.3, 0.4) is 0 Å². The summed E-state index contributed by atoms with van der Waals surface area (Å²) in [6.45, 7) is 2.54. The van der Waals surface area contributed by atoms with Crippen LogP contribution in [0, 0.1) is 17.0 Å². The third-order valence-electron chi connectivity index (χ3n) is 3.46. The molecule has 0 heterocycles. The van der Waals surface area contributed by atoms with Crippen molar-refractivity contribution in [3.8, 4) is 0 Å². The molecule has 1 amide bonds. The van der Waals surface area contributed by atoms with Crippen LogP contribution in [-0.4, -0.2) is 23.1 Å². The van der Waals surface area contributed by atoms with Crippen molar-refractivity contribution in [2.45, 2.75) is 12.7 Å². The summed E-state index contributed by atoms with van der Waals surface area (Å²) >= 11 is 7.66. The number of rotatable bonds is 7. The van der Waals surface area contributed by atoms with Crippen LogP contribution >= 0.6 is 23.4 Å². The van der Waals surface area contributed by atoms with E-state index in [1.807, 2.05) is 12.1 Å². The molecule has 0 aliphatic rings. The van der Waals surface area contributed by atoms with Crippen LogP contribution < -0.4 is 5.32 Å². The monoisotopic (exact) mass is 364 g/mol. The molecule has 0 bridgehead atoms. The molecule has 0 aromatic heterocycles. The van der Waals surface area contributed by atoms with Crippen molar-refractivity contribution in [1.29, 1.82) is 0 Å². The lowest BCUT2D eigenvalue weighted by Gasteiger charge is -2.08. The summed E-state index contributed by atoms with van der Waals surface area (Å²) in [6.07, 6.45) is 0. The van der Waals surface area contributed by atoms with Crippen LogP contribution in [-0.2, 0) is 5.75 Å². The highest BCUT2D eigenvalue weighted by atomic mass is 35.5. The largest absolute Gasteiger partial charge is 0.351 e. The molecule has 126 valence electrons. The SMILES string of the molecule is Cc1ccccc1CSCCNC(=O)c1cc([N+](=O)[O-])ccc1Cl. The molecule has 0 saturated carbocycles. The van der Waals surface area contributed by atoms with Gasteiger partial charge in [0.1, 0.15) is 0 Å². The van der Waals surface area contributed by atoms with E-state index in [0.29, 0.717) is 6.54 Å². The first kappa shape index (κ1) is 18.3. The van der Waals surface area contributed by atoms with Gasteiger partial charge >= 0.3 is 0 Å². The average molecular weight is 365 g/mol. The van der Waals surface area contributed by atoms with Crippen LogP contribution in [0.15, 0.2) is 42.5 Å². The van der Waals surface area contributed by atoms with E-state index in [0.717, 1.165) is 11.5 Å². The summed E-state index contributed by atoms with van der Waals surface area (Å²) in [5.74, 6) is 1.22. The van der Waals surface area contributed by atoms with Crippen molar-refractivity contribution in [3.63, 3.8) is 0 Å². The summed E-state index contributed by atoms with van der Waals surface area (Å²) in [4.78, 5) is 22.3. The van der Waals surface area contributed by atoms with Crippen molar-refractivity contribution >= 4 is 35.0 Å². The summed E-state index contributed by atoms with van der Waals surface area (Å²) in [7, 11) is 0. The van der Waals surface area contributed by atoms with Gasteiger partial charge in [0.05, 0.1) is 15.5 Å². The zero-order chi connectivity index (χ0) is 17.5. The maximum Gasteiger partial charge on any atom is 0.270 e. The molecule has 2 aromatic rings. The number of thioether (sulfide) groups is 1. The molecular formula is C17H17ClN2O3S. The fourth-order valence-electron chi connectivity index (χ4n) is 2.09. The molecule has 0 saturated heterocycles. The minimum atomic E-state index is -0.550. The number of halogens is 1. The summed E-state index contributed by atoms with van der Waals surface area (Å²) < 4.78 is 0. The number of carbonyl (C=O) groups excluding carboxylic acids is 1. The lowest BCUT2D eigenvalue weighted by molar-refractivity contribution is -0.384. The fourth-order valence-corrected chi connectivity index (χ4v) is 3.22. The second-order valence-electron chi connectivity index (χ2n) is 5.16. The number of nitro groups is 1. The van der Waals surface area contributed by atoms with Gasteiger partial charge in [0.2, 0.25) is 0 Å². The molecule has 0 radical (unpaired) electrons. The van der Waals surface area contributed by atoms with E-state index in [4.69, 9.17) is 11.6 Å². The number of non-ortho nitro benzene ring substituents is 1. The van der Waals surface area contributed by atoms with Gasteiger partial charge in [-0.3, -0.25) is 14.9 Å². The number of amides is 1. The topological polar surface area (TPSA) is 72.2 Å². The number of benzene rings is 2. The van der Waals surface area contributed by atoms with E-state index in [9.17, 15) is 14.9 Å². The van der Waals surface area contributed by atoms with E-state index in [1.54, 1.807) is 11.8 Å². The van der Waals surface area contributed by atoms with E-state index >= 15 is 0 Å². The molecule has 2 rings (SSSR count). The van der Waals surface area contributed by atoms with Crippen LogP contribution in [0.25, 0.3) is 0 Å². The minimum Gasteiger partial charge on any atom is -0.351 e. The molecule has 0 fully saturated rings. The molecular weight excluding hydrogens is 348 g/mol. The number of nitro benzene ring substituents is 1. The van der Waals surface area contributed by atoms with Gasteiger partial charge in [-0.2, -0.15) is 11.8 Å². The number of carbonyl (C=O) groups is 1. The van der Waals surface area contributed by atoms with E-state index in [2.05, 4.69) is 24.4 Å². The Morgan fingerprint density at radius 3 is 2.75 bits per heavy atom. The van der Waals surface area contributed by atoms with Gasteiger partial charge in [0, 0.05) is 30.2 Å². The molecule has 0 spiro atoms. The Balaban J connectivity index is 1.82. The summed E-state index contributed by atoms with van der Waals surface area (Å²) in [6, 6.07) is 12.0. The molecule has 1 N–H and O–H groups in total. The molecule has 0 unspecified atom stereocenters. The molecule has 0 aliphatic heterocycles. The second-order valence-corrected chi connectivity index (χ2v) is 6.67. The van der Waals surface area contributed by atoms with Crippen LogP contribution in [0.1, 0.15) is 21.5 Å². The quantitative estimate of drug-likeness (QED) is 0.453. The number of nitrogens with one attached hydrogen (secondary N) is 1. The molecule has 24 heavy (non-hydrogen) atoms. The maximum absolute atomic E-state index is 12.1. The van der Waals surface area contributed by atoms with Gasteiger partial charge in [-0.05, 0) is 24.1 Å². The Labute approximate surface area is 149 Å². The highest BCUT2D eigenvalue weighted by Gasteiger charge is 2.15. The summed E-state index contributed by atoms with van der Waals surface area (Å²) in [5.41, 5.74) is 2.49. The Morgan fingerprint density at radius 1 is 1.29 bits per heavy atom. The Bertz CT molecular complexity index is 752. The van der Waals surface area contributed by atoms with Gasteiger partial charge in [0.25, 0.3) is 11.6 Å². The standard InChI is InChI=1S/C17H17ClN2O3S/c1-12-4-2-3-5-13(12)11-24-9-8-19-17(21)15-10-14(20(22)23)6-7-16(15)18/h2-7,10H,8-9,11H2,1H3,(H,19,21). The molecule has 7 heteroatoms. The number of nitrogens with zero attached hydrogens (tertiary/aromatic N) is 1. The van der Waals surface area contributed by atoms with Gasteiger partial charge in [-0.1, -0.05) is 35.9 Å². The molecule has 0 aliphatic carbocycles. The maximum atomic E-state index is 12.1. The van der Waals surface area contributed by atoms with E-state index < -0.39 is 10.8 Å². The number of hydrogen-bond donors (Lipinski definition) is 1. The van der Waals surface area contributed by atoms with Crippen molar-refractivity contribution in [3.05, 3.63) is 74.3 Å². The number of hydrogen-bond acceptors (Lipinski definition) is 4. The van der Waals surface area contributed by atoms with Gasteiger partial charge < -0.3 is 5.32 Å². The first-order valence-corrected chi connectivity index (χ1v) is 8.86. The first-order chi connectivity index (χ1) is 11.5. The van der Waals surface area contributed by atoms with Crippen LogP contribution in [0.4, 0.5) is 5.69 Å². The summed E-state index contributed by atoms with van der Waals surface area (Å²) in [5, 5.41) is 13.7. The van der Waals surface area contributed by atoms with Crippen molar-refractivity contribution in [2.24, 2.45) is 0 Å². The van der Waals surface area contributed by atoms with Gasteiger partial charge in [-0.25, -0.2) is 0 Å². The minimum absolute atomic E-state index is 0.120. The zero-order valence-corrected chi connectivity index (χ0v) is 14.7. The lowest BCUT2D eigenvalue weighted by atomic mass is 10.1. The normalized spacial score (nSPS) is 10.4. The second kappa shape index (κ2) is 8.70. The van der Waals surface area contributed by atoms with Crippen LogP contribution in [0.5, 0.6) is 0 Å². The zero-order valence-electron chi connectivity index (χ0n) is 13.1. The Morgan fingerprint density at radius 2 is 2.04 bits per heavy atom. The predicted molar refractivity (Wildman–Crippen MR) is 97.8 cm³/mol. The third kappa shape index (κ3) is 4.97. The van der Waals surface area contributed by atoms with Crippen molar-refractivity contribution in [1.82, 2.24) is 5.32 Å². The molecule has 5 nitrogen and oxygen atoms in total. The number of aryl methyl sites for hydroxylation is 1. The predicted octanol–water partition coefficient (Wildman–Crippen LogP) is 4.22. The van der Waals surface area contributed by atoms with Crippen molar-refractivity contribution in [2.75, 3.05) is 12.3 Å². The third-order valence-corrected chi connectivity index (χ3v) is 4.79. The van der Waals surface area contributed by atoms with Crippen molar-refractivity contribution < 1.29 is 9.72 Å². The fraction of sp³-hybridized carbons (Fsp3) is 0.235. The smallest absolute Gasteiger partial charge is 0.270 e. The van der Waals surface area contributed by atoms with Gasteiger partial charge in [-0.15, -0.1) is 0 Å². The lowest BCUT2D eigenvalue weighted by Crippen LogP contribution is -2.26. The van der Waals surface area contributed by atoms with Crippen LogP contribution in [0.2, 0.25) is 5.02 Å².